The van der Waals surface area contributed by atoms with Crippen LogP contribution in [0, 0.1) is 11.5 Å². The SMILES string of the molecule is CC(S)OC#N. The number of nitrogens with zero attached hydrogens (tertiary/aromatic N) is 1. The molecule has 34 valence electrons. The van der Waals surface area contributed by atoms with Gasteiger partial charge < -0.3 is 4.74 Å². The van der Waals surface area contributed by atoms with Gasteiger partial charge >= 0.3 is 0 Å². The van der Waals surface area contributed by atoms with Crippen LogP contribution in [-0.4, -0.2) is 5.44 Å². The fourth-order valence-electron chi connectivity index (χ4n) is 0.0763. The van der Waals surface area contributed by atoms with E-state index in [1.54, 1.807) is 6.92 Å². The largest absolute Gasteiger partial charge is 0.414 e. The van der Waals surface area contributed by atoms with E-state index < -0.39 is 0 Å². The lowest BCUT2D eigenvalue weighted by atomic mass is 10.9. The first-order valence-electron chi connectivity index (χ1n) is 1.50. The molecule has 0 aliphatic heterocycles. The average molecular weight is 103 g/mol. The maximum atomic E-state index is 7.72. The molecule has 0 aromatic rings. The van der Waals surface area contributed by atoms with Crippen molar-refractivity contribution in [3.05, 3.63) is 0 Å². The molecule has 0 amide bonds. The summed E-state index contributed by atoms with van der Waals surface area (Å²) in [6.45, 7) is 1.67. The molecule has 1 atom stereocenters. The van der Waals surface area contributed by atoms with Crippen molar-refractivity contribution in [3.8, 4) is 6.26 Å². The Bertz CT molecular complexity index is 65.7. The minimum absolute atomic E-state index is 0.269. The molecule has 0 saturated heterocycles. The number of ether oxygens (including phenoxy) is 1. The van der Waals surface area contributed by atoms with Gasteiger partial charge in [-0.05, 0) is 6.92 Å². The van der Waals surface area contributed by atoms with Gasteiger partial charge in [-0.1, -0.05) is 0 Å². The van der Waals surface area contributed by atoms with Crippen molar-refractivity contribution in [3.63, 3.8) is 0 Å². The summed E-state index contributed by atoms with van der Waals surface area (Å²) in [5.41, 5.74) is -0.269. The van der Waals surface area contributed by atoms with Gasteiger partial charge in [0, 0.05) is 0 Å². The van der Waals surface area contributed by atoms with Crippen molar-refractivity contribution in [2.75, 3.05) is 0 Å². The Morgan fingerprint density at radius 2 is 2.50 bits per heavy atom. The van der Waals surface area contributed by atoms with Crippen LogP contribution in [0.2, 0.25) is 0 Å². The van der Waals surface area contributed by atoms with Crippen LogP contribution >= 0.6 is 12.6 Å². The zero-order valence-corrected chi connectivity index (χ0v) is 4.27. The van der Waals surface area contributed by atoms with E-state index in [0.717, 1.165) is 0 Å². The summed E-state index contributed by atoms with van der Waals surface area (Å²) in [7, 11) is 0. The molecule has 0 bridgehead atoms. The lowest BCUT2D eigenvalue weighted by Gasteiger charge is -1.92. The van der Waals surface area contributed by atoms with E-state index in [9.17, 15) is 0 Å². The molecule has 0 spiro atoms. The molecular formula is C3H5NOS. The van der Waals surface area contributed by atoms with E-state index in [1.807, 2.05) is 0 Å². The summed E-state index contributed by atoms with van der Waals surface area (Å²) in [5.74, 6) is 0. The van der Waals surface area contributed by atoms with Gasteiger partial charge in [0.1, 0.15) is 0 Å². The van der Waals surface area contributed by atoms with E-state index in [-0.39, 0.29) is 5.44 Å². The molecule has 2 nitrogen and oxygen atoms in total. The Hall–Kier alpha value is -0.360. The molecule has 0 radical (unpaired) electrons. The van der Waals surface area contributed by atoms with Gasteiger partial charge in [0.2, 0.25) is 0 Å². The van der Waals surface area contributed by atoms with Crippen molar-refractivity contribution in [1.82, 2.24) is 0 Å². The molecule has 0 aromatic heterocycles. The minimum Gasteiger partial charge on any atom is -0.414 e. The third kappa shape index (κ3) is 3.64. The van der Waals surface area contributed by atoms with Crippen molar-refractivity contribution in [1.29, 1.82) is 5.26 Å². The zero-order chi connectivity index (χ0) is 4.99. The molecule has 0 rings (SSSR count). The first-order chi connectivity index (χ1) is 2.77. The second kappa shape index (κ2) is 2.86. The van der Waals surface area contributed by atoms with E-state index in [0.29, 0.717) is 0 Å². The Morgan fingerprint density at radius 1 is 2.00 bits per heavy atom. The van der Waals surface area contributed by atoms with Gasteiger partial charge in [0.15, 0.2) is 5.44 Å². The van der Waals surface area contributed by atoms with Crippen LogP contribution in [0.1, 0.15) is 6.92 Å². The van der Waals surface area contributed by atoms with Gasteiger partial charge in [-0.15, -0.1) is 12.6 Å². The number of hydrogen-bond acceptors (Lipinski definition) is 3. The van der Waals surface area contributed by atoms with Crippen LogP contribution in [0.3, 0.4) is 0 Å². The fraction of sp³-hybridized carbons (Fsp3) is 0.667. The maximum Gasteiger partial charge on any atom is 0.287 e. The molecule has 3 heteroatoms. The van der Waals surface area contributed by atoms with Crippen LogP contribution in [0.15, 0.2) is 0 Å². The number of thiol groups is 1. The van der Waals surface area contributed by atoms with Crippen LogP contribution in [0.5, 0.6) is 0 Å². The first kappa shape index (κ1) is 5.64. The summed E-state index contributed by atoms with van der Waals surface area (Å²) in [4.78, 5) is 0. The summed E-state index contributed by atoms with van der Waals surface area (Å²) < 4.78 is 4.21. The smallest absolute Gasteiger partial charge is 0.287 e. The van der Waals surface area contributed by atoms with Crippen LogP contribution < -0.4 is 0 Å². The lowest BCUT2D eigenvalue weighted by Crippen LogP contribution is -1.89. The highest BCUT2D eigenvalue weighted by molar-refractivity contribution is 7.80. The number of hydrogen-bond donors (Lipinski definition) is 1. The molecule has 1 unspecified atom stereocenters. The minimum atomic E-state index is -0.269. The monoisotopic (exact) mass is 103 g/mol. The normalized spacial score (nSPS) is 12.2. The molecule has 0 aliphatic carbocycles. The predicted octanol–water partition coefficient (Wildman–Crippen LogP) is 0.760. The Morgan fingerprint density at radius 3 is 2.50 bits per heavy atom. The van der Waals surface area contributed by atoms with Gasteiger partial charge in [-0.2, -0.15) is 5.26 Å². The van der Waals surface area contributed by atoms with Crippen LogP contribution in [-0.2, 0) is 4.74 Å². The van der Waals surface area contributed by atoms with Gasteiger partial charge in [0.05, 0.1) is 0 Å². The predicted molar refractivity (Wildman–Crippen MR) is 25.1 cm³/mol. The highest BCUT2D eigenvalue weighted by Crippen LogP contribution is 1.90. The number of rotatable bonds is 1. The second-order valence-corrected chi connectivity index (χ2v) is 1.54. The zero-order valence-electron chi connectivity index (χ0n) is 3.38. The highest BCUT2D eigenvalue weighted by atomic mass is 32.1. The van der Waals surface area contributed by atoms with Crippen LogP contribution in [0.4, 0.5) is 0 Å². The average Bonchev–Trinajstić information content (AvgIpc) is 1.35. The molecule has 0 saturated carbocycles. The summed E-state index contributed by atoms with van der Waals surface area (Å²) in [6, 6.07) is 0. The fourth-order valence-corrected chi connectivity index (χ4v) is 0.123. The standard InChI is InChI=1S/C3H5NOS/c1-3(6)5-2-4/h3,6H,1H3. The van der Waals surface area contributed by atoms with Crippen molar-refractivity contribution in [2.24, 2.45) is 0 Å². The second-order valence-electron chi connectivity index (χ2n) is 0.808. The summed E-state index contributed by atoms with van der Waals surface area (Å²) in [5, 5.41) is 7.72. The molecule has 0 N–H and O–H groups in total. The van der Waals surface area contributed by atoms with E-state index in [2.05, 4.69) is 17.4 Å². The third-order valence-corrected chi connectivity index (χ3v) is 0.329. The van der Waals surface area contributed by atoms with Gasteiger partial charge in [-0.3, -0.25) is 0 Å². The topological polar surface area (TPSA) is 33.0 Å². The third-order valence-electron chi connectivity index (χ3n) is 0.223. The van der Waals surface area contributed by atoms with E-state index in [1.165, 1.54) is 6.26 Å². The van der Waals surface area contributed by atoms with Crippen LogP contribution in [0.25, 0.3) is 0 Å². The Kier molecular flexibility index (Phi) is 2.68. The summed E-state index contributed by atoms with van der Waals surface area (Å²) in [6.07, 6.45) is 1.49. The molecule has 0 aliphatic rings. The number of nitriles is 1. The summed E-state index contributed by atoms with van der Waals surface area (Å²) >= 11 is 3.73. The van der Waals surface area contributed by atoms with Gasteiger partial charge in [0.25, 0.3) is 6.26 Å². The highest BCUT2D eigenvalue weighted by Gasteiger charge is 1.85. The molecule has 6 heavy (non-hydrogen) atoms. The maximum absolute atomic E-state index is 7.72. The van der Waals surface area contributed by atoms with E-state index >= 15 is 0 Å². The Labute approximate surface area is 42.1 Å². The molecular weight excluding hydrogens is 98.1 g/mol. The van der Waals surface area contributed by atoms with Crippen molar-refractivity contribution < 1.29 is 4.74 Å². The van der Waals surface area contributed by atoms with Crippen molar-refractivity contribution in [2.45, 2.75) is 12.4 Å². The first-order valence-corrected chi connectivity index (χ1v) is 2.02. The Balaban J connectivity index is 2.88. The van der Waals surface area contributed by atoms with E-state index in [4.69, 9.17) is 5.26 Å². The quantitative estimate of drug-likeness (QED) is 0.302. The van der Waals surface area contributed by atoms with Gasteiger partial charge in [-0.25, -0.2) is 0 Å². The lowest BCUT2D eigenvalue weighted by molar-refractivity contribution is 0.262. The van der Waals surface area contributed by atoms with Crippen molar-refractivity contribution >= 4 is 12.6 Å². The molecule has 0 aromatic carbocycles. The molecule has 0 heterocycles. The molecule has 0 fully saturated rings.